The minimum Gasteiger partial charge on any atom is -0.461 e. The van der Waals surface area contributed by atoms with Gasteiger partial charge in [-0.25, -0.2) is 19.2 Å². The second kappa shape index (κ2) is 13.0. The highest BCUT2D eigenvalue weighted by Crippen LogP contribution is 2.35. The predicted molar refractivity (Wildman–Crippen MR) is 141 cm³/mol. The summed E-state index contributed by atoms with van der Waals surface area (Å²) in [6.45, 7) is 19.9. The number of ether oxygens (including phenoxy) is 5. The van der Waals surface area contributed by atoms with E-state index in [0.717, 1.165) is 6.07 Å². The lowest BCUT2D eigenvalue weighted by Gasteiger charge is -2.16. The first-order valence-corrected chi connectivity index (χ1v) is 11.3. The van der Waals surface area contributed by atoms with Crippen molar-refractivity contribution in [2.75, 3.05) is 0 Å². The molecule has 2 aromatic rings. The van der Waals surface area contributed by atoms with Crippen molar-refractivity contribution in [3.8, 4) is 28.7 Å². The minimum atomic E-state index is -1.34. The summed E-state index contributed by atoms with van der Waals surface area (Å²) < 4.78 is 26.5. The van der Waals surface area contributed by atoms with Crippen molar-refractivity contribution in [1.82, 2.24) is 0 Å². The van der Waals surface area contributed by atoms with Gasteiger partial charge in [0.2, 0.25) is 6.29 Å². The van der Waals surface area contributed by atoms with Gasteiger partial charge in [-0.15, -0.1) is 0 Å². The van der Waals surface area contributed by atoms with Gasteiger partial charge in [0.05, 0.1) is 0 Å². The molecule has 1 atom stereocenters. The SMILES string of the molecule is C=C(C)C(=O)Oc1ccc(C(=O)Oc2ccc(OC(O)C(=C)C)cc2OC(=O)C(=C)C)c(OC(=O)C(=C)C)c1. The van der Waals surface area contributed by atoms with Crippen molar-refractivity contribution >= 4 is 23.9 Å². The molecule has 0 aromatic heterocycles. The van der Waals surface area contributed by atoms with E-state index in [1.165, 1.54) is 51.1 Å². The van der Waals surface area contributed by atoms with Crippen LogP contribution in [0.2, 0.25) is 0 Å². The third-order valence-electron chi connectivity index (χ3n) is 4.62. The van der Waals surface area contributed by atoms with E-state index in [1.54, 1.807) is 6.92 Å². The maximum absolute atomic E-state index is 13.2. The van der Waals surface area contributed by atoms with E-state index >= 15 is 0 Å². The highest BCUT2D eigenvalue weighted by molar-refractivity contribution is 5.97. The Labute approximate surface area is 225 Å². The molecule has 0 fully saturated rings. The maximum atomic E-state index is 13.2. The fourth-order valence-corrected chi connectivity index (χ4v) is 2.50. The summed E-state index contributed by atoms with van der Waals surface area (Å²) in [6, 6.07) is 7.49. The quantitative estimate of drug-likeness (QED) is 0.142. The number of esters is 4. The molecule has 39 heavy (non-hydrogen) atoms. The highest BCUT2D eigenvalue weighted by Gasteiger charge is 2.23. The van der Waals surface area contributed by atoms with E-state index in [9.17, 15) is 24.3 Å². The first-order chi connectivity index (χ1) is 18.2. The normalized spacial score (nSPS) is 10.9. The van der Waals surface area contributed by atoms with Gasteiger partial charge in [0.25, 0.3) is 0 Å². The molecule has 0 saturated heterocycles. The molecule has 2 aromatic carbocycles. The van der Waals surface area contributed by atoms with Gasteiger partial charge in [-0.05, 0) is 57.5 Å². The second-order valence-corrected chi connectivity index (χ2v) is 8.48. The fraction of sp³-hybridized carbons (Fsp3) is 0.172. The fourth-order valence-electron chi connectivity index (χ4n) is 2.50. The predicted octanol–water partition coefficient (Wildman–Crippen LogP) is 4.62. The Bertz CT molecular complexity index is 1380. The average molecular weight is 537 g/mol. The lowest BCUT2D eigenvalue weighted by Crippen LogP contribution is -2.17. The van der Waals surface area contributed by atoms with Crippen LogP contribution in [0.25, 0.3) is 0 Å². The number of hydrogen-bond donors (Lipinski definition) is 1. The average Bonchev–Trinajstić information content (AvgIpc) is 2.85. The zero-order valence-electron chi connectivity index (χ0n) is 22.0. The molecule has 0 spiro atoms. The first-order valence-electron chi connectivity index (χ1n) is 11.3. The number of aliphatic hydroxyl groups is 1. The van der Waals surface area contributed by atoms with Crippen molar-refractivity contribution < 1.29 is 48.0 Å². The summed E-state index contributed by atoms with van der Waals surface area (Å²) in [4.78, 5) is 49.5. The van der Waals surface area contributed by atoms with Gasteiger partial charge < -0.3 is 28.8 Å². The molecule has 10 nitrogen and oxygen atoms in total. The summed E-state index contributed by atoms with van der Waals surface area (Å²) in [5.41, 5.74) is 0.323. The molecule has 0 saturated carbocycles. The zero-order chi connectivity index (χ0) is 29.4. The Morgan fingerprint density at radius 2 is 1.13 bits per heavy atom. The van der Waals surface area contributed by atoms with Crippen LogP contribution in [0.3, 0.4) is 0 Å². The lowest BCUT2D eigenvalue weighted by molar-refractivity contribution is -0.131. The molecule has 1 N–H and O–H groups in total. The van der Waals surface area contributed by atoms with Crippen LogP contribution in [0, 0.1) is 0 Å². The van der Waals surface area contributed by atoms with Gasteiger partial charge in [0, 0.05) is 28.9 Å². The van der Waals surface area contributed by atoms with Crippen LogP contribution in [-0.2, 0) is 14.4 Å². The Hall–Kier alpha value is -4.96. The van der Waals surface area contributed by atoms with Crippen molar-refractivity contribution in [2.24, 2.45) is 0 Å². The Morgan fingerprint density at radius 1 is 0.641 bits per heavy atom. The summed E-state index contributed by atoms with van der Waals surface area (Å²) in [7, 11) is 0. The molecule has 204 valence electrons. The third-order valence-corrected chi connectivity index (χ3v) is 4.62. The smallest absolute Gasteiger partial charge is 0.347 e. The summed E-state index contributed by atoms with van der Waals surface area (Å²) >= 11 is 0. The van der Waals surface area contributed by atoms with Crippen LogP contribution in [0.4, 0.5) is 0 Å². The van der Waals surface area contributed by atoms with Crippen molar-refractivity contribution in [3.63, 3.8) is 0 Å². The van der Waals surface area contributed by atoms with Gasteiger partial charge in [0.1, 0.15) is 22.8 Å². The van der Waals surface area contributed by atoms with Crippen LogP contribution in [-0.4, -0.2) is 35.3 Å². The van der Waals surface area contributed by atoms with E-state index in [1.807, 2.05) is 0 Å². The number of carbonyl (C=O) groups excluding carboxylic acids is 4. The minimum absolute atomic E-state index is 0.0299. The van der Waals surface area contributed by atoms with E-state index in [-0.39, 0.29) is 51.0 Å². The van der Waals surface area contributed by atoms with Gasteiger partial charge >= 0.3 is 23.9 Å². The van der Waals surface area contributed by atoms with Crippen molar-refractivity contribution in [1.29, 1.82) is 0 Å². The molecule has 0 amide bonds. The number of benzene rings is 2. The Morgan fingerprint density at radius 3 is 1.67 bits per heavy atom. The summed E-state index contributed by atoms with van der Waals surface area (Å²) in [6.07, 6.45) is -1.34. The maximum Gasteiger partial charge on any atom is 0.347 e. The second-order valence-electron chi connectivity index (χ2n) is 8.48. The molecule has 0 radical (unpaired) electrons. The molecule has 10 heteroatoms. The van der Waals surface area contributed by atoms with E-state index in [0.29, 0.717) is 5.57 Å². The molecular weight excluding hydrogens is 508 g/mol. The standard InChI is InChI=1S/C29H28O10/c1-15(2)25(30)35-19-9-11-21(23(13-19)38-27(32)17(5)6)29(34)37-22-12-10-20(36-26(31)16(3)4)14-24(22)39-28(33)18(7)8/h9-14,26,31H,1,3,5,7H2,2,4,6,8H3. The van der Waals surface area contributed by atoms with Gasteiger partial charge in [-0.2, -0.15) is 0 Å². The highest BCUT2D eigenvalue weighted by atomic mass is 16.6. The largest absolute Gasteiger partial charge is 0.461 e. The van der Waals surface area contributed by atoms with E-state index in [2.05, 4.69) is 26.3 Å². The number of carbonyl (C=O) groups is 4. The van der Waals surface area contributed by atoms with Crippen molar-refractivity contribution in [3.05, 3.63) is 90.6 Å². The third kappa shape index (κ3) is 8.54. The molecule has 0 bridgehead atoms. The van der Waals surface area contributed by atoms with Gasteiger partial charge in [0.15, 0.2) is 11.5 Å². The zero-order valence-corrected chi connectivity index (χ0v) is 22.0. The lowest BCUT2D eigenvalue weighted by atomic mass is 10.2. The Kier molecular flexibility index (Phi) is 10.1. The van der Waals surface area contributed by atoms with E-state index in [4.69, 9.17) is 23.7 Å². The van der Waals surface area contributed by atoms with Gasteiger partial charge in [-0.3, -0.25) is 0 Å². The van der Waals surface area contributed by atoms with Crippen LogP contribution in [0.15, 0.2) is 85.0 Å². The summed E-state index contributed by atoms with van der Waals surface area (Å²) in [5.74, 6) is -4.08. The molecule has 1 unspecified atom stereocenters. The van der Waals surface area contributed by atoms with Crippen LogP contribution in [0.5, 0.6) is 28.7 Å². The summed E-state index contributed by atoms with van der Waals surface area (Å²) in [5, 5.41) is 9.94. The molecule has 0 aliphatic carbocycles. The number of aliphatic hydroxyl groups excluding tert-OH is 1. The number of hydrogen-bond acceptors (Lipinski definition) is 10. The topological polar surface area (TPSA) is 135 Å². The molecule has 0 aliphatic rings. The molecular formula is C29H28O10. The number of rotatable bonds is 11. The Balaban J connectivity index is 2.48. The molecule has 2 rings (SSSR count). The molecule has 0 aliphatic heterocycles. The van der Waals surface area contributed by atoms with Crippen LogP contribution >= 0.6 is 0 Å². The first kappa shape index (κ1) is 30.3. The van der Waals surface area contributed by atoms with Crippen molar-refractivity contribution in [2.45, 2.75) is 34.0 Å². The van der Waals surface area contributed by atoms with Gasteiger partial charge in [-0.1, -0.05) is 26.3 Å². The molecule has 0 heterocycles. The monoisotopic (exact) mass is 536 g/mol. The van der Waals surface area contributed by atoms with Crippen LogP contribution in [0.1, 0.15) is 38.1 Å². The van der Waals surface area contributed by atoms with Crippen LogP contribution < -0.4 is 23.7 Å². The van der Waals surface area contributed by atoms with E-state index < -0.39 is 30.2 Å².